The Hall–Kier alpha value is -1.88. The van der Waals surface area contributed by atoms with Crippen molar-refractivity contribution in [1.82, 2.24) is 23.9 Å². The van der Waals surface area contributed by atoms with Crippen molar-refractivity contribution in [3.63, 3.8) is 0 Å². The van der Waals surface area contributed by atoms with Gasteiger partial charge in [0.1, 0.15) is 17.5 Å². The summed E-state index contributed by atoms with van der Waals surface area (Å²) < 4.78 is 50.7. The van der Waals surface area contributed by atoms with Gasteiger partial charge in [0.25, 0.3) is 0 Å². The minimum absolute atomic E-state index is 0.00590. The van der Waals surface area contributed by atoms with Crippen LogP contribution in [0.1, 0.15) is 44.9 Å². The van der Waals surface area contributed by atoms with Gasteiger partial charge in [-0.05, 0) is 32.1 Å². The van der Waals surface area contributed by atoms with E-state index >= 15 is 0 Å². The Morgan fingerprint density at radius 1 is 1.41 bits per heavy atom. The summed E-state index contributed by atoms with van der Waals surface area (Å²) in [7, 11) is -3.17. The van der Waals surface area contributed by atoms with E-state index in [1.54, 1.807) is 0 Å². The quantitative estimate of drug-likeness (QED) is 0.837. The van der Waals surface area contributed by atoms with E-state index in [4.69, 9.17) is 5.73 Å². The van der Waals surface area contributed by atoms with E-state index in [1.807, 2.05) is 0 Å². The topological polar surface area (TPSA) is 106 Å². The van der Waals surface area contributed by atoms with Crippen molar-refractivity contribution in [3.05, 3.63) is 18.0 Å². The molecule has 4 rings (SSSR count). The molecule has 0 aromatic carbocycles. The molecule has 1 aliphatic heterocycles. The lowest BCUT2D eigenvalue weighted by Crippen LogP contribution is -2.39. The number of halogens is 2. The van der Waals surface area contributed by atoms with Gasteiger partial charge < -0.3 is 5.73 Å². The van der Waals surface area contributed by atoms with Crippen LogP contribution in [0.5, 0.6) is 0 Å². The summed E-state index contributed by atoms with van der Waals surface area (Å²) in [5.41, 5.74) is 5.80. The molecule has 27 heavy (non-hydrogen) atoms. The number of aromatic nitrogens is 4. The van der Waals surface area contributed by atoms with Crippen LogP contribution in [0.3, 0.4) is 0 Å². The first-order chi connectivity index (χ1) is 12.7. The van der Waals surface area contributed by atoms with Crippen LogP contribution >= 0.6 is 0 Å². The predicted octanol–water partition coefficient (Wildman–Crippen LogP) is 1.67. The summed E-state index contributed by atoms with van der Waals surface area (Å²) in [6.45, 7) is 2.59. The van der Waals surface area contributed by atoms with Gasteiger partial charge >= 0.3 is 0 Å². The fraction of sp³-hybridized carbons (Fsp3) is 0.688. The first kappa shape index (κ1) is 19.9. The summed E-state index contributed by atoms with van der Waals surface area (Å²) in [4.78, 5) is 7.75. The van der Waals surface area contributed by atoms with Crippen LogP contribution in [0.15, 0.2) is 6.20 Å². The highest BCUT2D eigenvalue weighted by Gasteiger charge is 2.47. The zero-order valence-corrected chi connectivity index (χ0v) is 16.2. The fourth-order valence-corrected chi connectivity index (χ4v) is 4.18. The zero-order valence-electron chi connectivity index (χ0n) is 15.4. The number of piperidine rings is 1. The number of nitrogen functional groups attached to an aromatic ring is 1. The summed E-state index contributed by atoms with van der Waals surface area (Å²) in [6.07, 6.45) is 5.65. The maximum absolute atomic E-state index is 13.6. The molecule has 2 aromatic rings. The number of alkyl halides is 1. The molecule has 1 atom stereocenters. The van der Waals surface area contributed by atoms with Crippen LogP contribution in [-0.2, 0) is 15.4 Å². The maximum atomic E-state index is 13.6. The van der Waals surface area contributed by atoms with E-state index in [1.165, 1.54) is 15.0 Å². The second kappa shape index (κ2) is 7.27. The number of nitrogens with zero attached hydrogens (tertiary/aromatic N) is 5. The van der Waals surface area contributed by atoms with Gasteiger partial charge in [0.2, 0.25) is 21.9 Å². The van der Waals surface area contributed by atoms with Gasteiger partial charge in [-0.25, -0.2) is 27.3 Å². The summed E-state index contributed by atoms with van der Waals surface area (Å²) in [5.74, 6) is 0.296. The molecule has 0 radical (unpaired) electrons. The molecule has 2 aromatic heterocycles. The number of imidazole rings is 1. The Morgan fingerprint density at radius 2 is 2.11 bits per heavy atom. The van der Waals surface area contributed by atoms with Gasteiger partial charge in [-0.3, -0.25) is 0 Å². The van der Waals surface area contributed by atoms with Gasteiger partial charge in [0.15, 0.2) is 0 Å². The van der Waals surface area contributed by atoms with Crippen molar-refractivity contribution < 1.29 is 17.2 Å². The average molecular weight is 402 g/mol. The number of sulfonamides is 1. The van der Waals surface area contributed by atoms with Crippen LogP contribution in [0, 0.1) is 5.95 Å². The number of nitrogens with two attached hydrogens (primary N) is 1. The molecule has 1 saturated carbocycles. The monoisotopic (exact) mass is 402 g/mol. The summed E-state index contributed by atoms with van der Waals surface area (Å²) in [5, 5.41) is 4.03. The highest BCUT2D eigenvalue weighted by Crippen LogP contribution is 2.50. The number of fused-ring (bicyclic) bond motifs is 1. The van der Waals surface area contributed by atoms with Crippen molar-refractivity contribution >= 4 is 21.5 Å². The molecule has 150 valence electrons. The third-order valence-electron chi connectivity index (χ3n) is 5.17. The minimum atomic E-state index is -3.17. The minimum Gasteiger partial charge on any atom is -0.367 e. The van der Waals surface area contributed by atoms with Crippen molar-refractivity contribution in [3.8, 4) is 0 Å². The maximum Gasteiger partial charge on any atom is 0.242 e. The van der Waals surface area contributed by atoms with Crippen molar-refractivity contribution in [2.45, 2.75) is 50.6 Å². The van der Waals surface area contributed by atoms with Crippen molar-refractivity contribution in [2.24, 2.45) is 0 Å². The van der Waals surface area contributed by atoms with Gasteiger partial charge in [-0.2, -0.15) is 8.70 Å². The number of hydrogen-bond acceptors (Lipinski definition) is 6. The van der Waals surface area contributed by atoms with Gasteiger partial charge in [0.05, 0.1) is 12.5 Å². The predicted molar refractivity (Wildman–Crippen MR) is 96.9 cm³/mol. The van der Waals surface area contributed by atoms with E-state index in [-0.39, 0.29) is 17.9 Å². The van der Waals surface area contributed by atoms with E-state index in [9.17, 15) is 17.2 Å². The SMILES string of the molecule is CCC1(c2nc(F)c3cnc(N)nn23)CC1.CS(=O)(=O)N1CCCC(F)C1. The number of anilines is 1. The molecule has 0 spiro atoms. The Labute approximate surface area is 156 Å². The normalized spacial score (nSPS) is 22.3. The molecule has 2 N–H and O–H groups in total. The Kier molecular flexibility index (Phi) is 5.35. The van der Waals surface area contributed by atoms with E-state index in [2.05, 4.69) is 22.0 Å². The van der Waals surface area contributed by atoms with E-state index < -0.39 is 22.1 Å². The third kappa shape index (κ3) is 4.18. The fourth-order valence-electron chi connectivity index (χ4n) is 3.29. The molecule has 3 heterocycles. The lowest BCUT2D eigenvalue weighted by Gasteiger charge is -2.26. The Balaban J connectivity index is 0.000000168. The lowest BCUT2D eigenvalue weighted by molar-refractivity contribution is 0.203. The van der Waals surface area contributed by atoms with Crippen LogP contribution in [0.2, 0.25) is 0 Å². The molecule has 0 bridgehead atoms. The van der Waals surface area contributed by atoms with Gasteiger partial charge in [-0.1, -0.05) is 6.92 Å². The third-order valence-corrected chi connectivity index (χ3v) is 6.44. The first-order valence-corrected chi connectivity index (χ1v) is 10.8. The number of rotatable bonds is 3. The van der Waals surface area contributed by atoms with Crippen LogP contribution in [-0.4, -0.2) is 57.8 Å². The molecule has 2 fully saturated rings. The smallest absolute Gasteiger partial charge is 0.242 e. The zero-order chi connectivity index (χ0) is 19.8. The standard InChI is InChI=1S/C10H12FN5.C6H12FNO2S/c1-2-10(3-4-10)8-14-7(11)6-5-13-9(12)15-16(6)8;1-11(9,10)8-4-2-3-6(7)5-8/h5H,2-4H2,1H3,(H2,12,15);6H,2-5H2,1H3. The van der Waals surface area contributed by atoms with Gasteiger partial charge in [0, 0.05) is 18.5 Å². The Bertz CT molecular complexity index is 928. The van der Waals surface area contributed by atoms with E-state index in [0.717, 1.165) is 25.5 Å². The molecule has 8 nitrogen and oxygen atoms in total. The number of hydrogen-bond donors (Lipinski definition) is 1. The second-order valence-corrected chi connectivity index (χ2v) is 9.12. The molecular weight excluding hydrogens is 378 g/mol. The second-order valence-electron chi connectivity index (χ2n) is 7.13. The van der Waals surface area contributed by atoms with Crippen LogP contribution in [0.25, 0.3) is 5.52 Å². The van der Waals surface area contributed by atoms with Crippen LogP contribution < -0.4 is 5.73 Å². The lowest BCUT2D eigenvalue weighted by atomic mass is 10.0. The molecule has 1 unspecified atom stereocenters. The molecule has 2 aliphatic rings. The van der Waals surface area contributed by atoms with Crippen molar-refractivity contribution in [2.75, 3.05) is 25.1 Å². The van der Waals surface area contributed by atoms with E-state index in [0.29, 0.717) is 30.7 Å². The van der Waals surface area contributed by atoms with Crippen molar-refractivity contribution in [1.29, 1.82) is 0 Å². The first-order valence-electron chi connectivity index (χ1n) is 8.93. The molecular formula is C16H24F2N6O2S. The molecule has 1 saturated heterocycles. The average Bonchev–Trinajstić information content (AvgIpc) is 3.34. The van der Waals surface area contributed by atoms with Crippen LogP contribution in [0.4, 0.5) is 14.7 Å². The van der Waals surface area contributed by atoms with Gasteiger partial charge in [-0.15, -0.1) is 5.10 Å². The highest BCUT2D eigenvalue weighted by molar-refractivity contribution is 7.88. The highest BCUT2D eigenvalue weighted by atomic mass is 32.2. The molecule has 1 aliphatic carbocycles. The molecule has 11 heteroatoms. The summed E-state index contributed by atoms with van der Waals surface area (Å²) >= 11 is 0. The molecule has 0 amide bonds. The summed E-state index contributed by atoms with van der Waals surface area (Å²) in [6, 6.07) is 0. The Morgan fingerprint density at radius 3 is 2.63 bits per heavy atom. The largest absolute Gasteiger partial charge is 0.367 e.